The van der Waals surface area contributed by atoms with Gasteiger partial charge in [0.25, 0.3) is 0 Å². The van der Waals surface area contributed by atoms with Crippen LogP contribution in [-0.2, 0) is 0 Å². The lowest BCUT2D eigenvalue weighted by atomic mass is 9.83. The van der Waals surface area contributed by atoms with Crippen LogP contribution < -0.4 is 10.5 Å². The molecule has 3 heteroatoms. The molecule has 2 N–H and O–H groups in total. The van der Waals surface area contributed by atoms with Gasteiger partial charge in [-0.25, -0.2) is 0 Å². The largest absolute Gasteiger partial charge is 0.497 e. The summed E-state index contributed by atoms with van der Waals surface area (Å²) in [6.07, 6.45) is 7.91. The van der Waals surface area contributed by atoms with E-state index in [0.717, 1.165) is 22.6 Å². The Morgan fingerprint density at radius 2 is 2.06 bits per heavy atom. The molecule has 1 aliphatic carbocycles. The van der Waals surface area contributed by atoms with E-state index < -0.39 is 0 Å². The smallest absolute Gasteiger partial charge is 0.119 e. The molecule has 2 nitrogen and oxygen atoms in total. The van der Waals surface area contributed by atoms with Crippen LogP contribution in [0.3, 0.4) is 0 Å². The summed E-state index contributed by atoms with van der Waals surface area (Å²) in [7, 11) is 1.69. The molecule has 0 heterocycles. The minimum atomic E-state index is 0.109. The summed E-state index contributed by atoms with van der Waals surface area (Å²) in [5, 5.41) is 0. The Labute approximate surface area is 118 Å². The van der Waals surface area contributed by atoms with Crippen LogP contribution in [0.1, 0.15) is 50.1 Å². The zero-order valence-corrected chi connectivity index (χ0v) is 12.6. The average molecular weight is 312 g/mol. The third-order valence-electron chi connectivity index (χ3n) is 3.91. The van der Waals surface area contributed by atoms with E-state index in [9.17, 15) is 0 Å². The lowest BCUT2D eigenvalue weighted by Crippen LogP contribution is -2.18. The van der Waals surface area contributed by atoms with Gasteiger partial charge in [-0.15, -0.1) is 0 Å². The molecule has 18 heavy (non-hydrogen) atoms. The molecular formula is C15H22BrNO. The third kappa shape index (κ3) is 3.48. The molecule has 1 aromatic rings. The molecule has 0 bridgehead atoms. The quantitative estimate of drug-likeness (QED) is 0.893. The third-order valence-corrected chi connectivity index (χ3v) is 4.64. The van der Waals surface area contributed by atoms with E-state index in [1.54, 1.807) is 7.11 Å². The van der Waals surface area contributed by atoms with Gasteiger partial charge in [0.15, 0.2) is 0 Å². The molecule has 1 atom stereocenters. The van der Waals surface area contributed by atoms with E-state index >= 15 is 0 Å². The molecule has 0 aromatic heterocycles. The molecule has 0 radical (unpaired) electrons. The highest BCUT2D eigenvalue weighted by atomic mass is 79.9. The van der Waals surface area contributed by atoms with Crippen molar-refractivity contribution < 1.29 is 4.74 Å². The van der Waals surface area contributed by atoms with Gasteiger partial charge in [0, 0.05) is 10.5 Å². The molecule has 0 aliphatic heterocycles. The predicted molar refractivity (Wildman–Crippen MR) is 78.8 cm³/mol. The maximum atomic E-state index is 6.36. The molecule has 1 aromatic carbocycles. The number of hydrogen-bond acceptors (Lipinski definition) is 2. The van der Waals surface area contributed by atoms with E-state index in [4.69, 9.17) is 10.5 Å². The summed E-state index contributed by atoms with van der Waals surface area (Å²) in [4.78, 5) is 0. The van der Waals surface area contributed by atoms with Crippen molar-refractivity contribution in [3.05, 3.63) is 28.2 Å². The molecule has 1 fully saturated rings. The SMILES string of the molecule is COc1ccc(Br)c(C(N)CC2CCCCC2)c1. The fourth-order valence-corrected chi connectivity index (χ4v) is 3.38. The molecule has 1 unspecified atom stereocenters. The highest BCUT2D eigenvalue weighted by molar-refractivity contribution is 9.10. The molecule has 0 saturated heterocycles. The van der Waals surface area contributed by atoms with E-state index in [2.05, 4.69) is 22.0 Å². The maximum absolute atomic E-state index is 6.36. The van der Waals surface area contributed by atoms with Crippen molar-refractivity contribution >= 4 is 15.9 Å². The van der Waals surface area contributed by atoms with Crippen LogP contribution in [-0.4, -0.2) is 7.11 Å². The number of benzene rings is 1. The van der Waals surface area contributed by atoms with Crippen LogP contribution in [0.15, 0.2) is 22.7 Å². The van der Waals surface area contributed by atoms with Gasteiger partial charge >= 0.3 is 0 Å². The average Bonchev–Trinajstić information content (AvgIpc) is 2.40. The van der Waals surface area contributed by atoms with Gasteiger partial charge < -0.3 is 10.5 Å². The van der Waals surface area contributed by atoms with Crippen molar-refractivity contribution in [3.8, 4) is 5.75 Å². The summed E-state index contributed by atoms with van der Waals surface area (Å²) in [5.41, 5.74) is 7.53. The first-order chi connectivity index (χ1) is 8.70. The lowest BCUT2D eigenvalue weighted by molar-refractivity contribution is 0.318. The first kappa shape index (κ1) is 13.9. The van der Waals surface area contributed by atoms with Crippen LogP contribution >= 0.6 is 15.9 Å². The second-order valence-electron chi connectivity index (χ2n) is 5.23. The predicted octanol–water partition coefficient (Wildman–Crippen LogP) is 4.43. The Morgan fingerprint density at radius 1 is 1.33 bits per heavy atom. The highest BCUT2D eigenvalue weighted by Crippen LogP contribution is 2.34. The summed E-state index contributed by atoms with van der Waals surface area (Å²) in [6, 6.07) is 6.14. The summed E-state index contributed by atoms with van der Waals surface area (Å²) >= 11 is 3.59. The Kier molecular flexibility index (Phi) is 5.07. The van der Waals surface area contributed by atoms with Crippen molar-refractivity contribution in [2.45, 2.75) is 44.6 Å². The zero-order chi connectivity index (χ0) is 13.0. The van der Waals surface area contributed by atoms with Crippen molar-refractivity contribution in [2.75, 3.05) is 7.11 Å². The fraction of sp³-hybridized carbons (Fsp3) is 0.600. The number of rotatable bonds is 4. The zero-order valence-electron chi connectivity index (χ0n) is 11.0. The molecule has 1 aliphatic rings. The standard InChI is InChI=1S/C15H22BrNO/c1-18-12-7-8-14(16)13(10-12)15(17)9-11-5-3-2-4-6-11/h7-8,10-11,15H,2-6,9,17H2,1H3. The van der Waals surface area contributed by atoms with Gasteiger partial charge in [-0.3, -0.25) is 0 Å². The molecule has 0 spiro atoms. The van der Waals surface area contributed by atoms with Crippen molar-refractivity contribution in [1.29, 1.82) is 0 Å². The van der Waals surface area contributed by atoms with E-state index in [1.165, 1.54) is 37.7 Å². The van der Waals surface area contributed by atoms with Crippen LogP contribution in [0.5, 0.6) is 5.75 Å². The molecular weight excluding hydrogens is 290 g/mol. The number of hydrogen-bond donors (Lipinski definition) is 1. The first-order valence-corrected chi connectivity index (χ1v) is 7.59. The van der Waals surface area contributed by atoms with Crippen LogP contribution in [0.2, 0.25) is 0 Å². The van der Waals surface area contributed by atoms with Crippen LogP contribution in [0.4, 0.5) is 0 Å². The van der Waals surface area contributed by atoms with E-state index in [1.807, 2.05) is 12.1 Å². The maximum Gasteiger partial charge on any atom is 0.119 e. The molecule has 100 valence electrons. The summed E-state index contributed by atoms with van der Waals surface area (Å²) in [5.74, 6) is 1.68. The number of methoxy groups -OCH3 is 1. The number of ether oxygens (including phenoxy) is 1. The number of halogens is 1. The van der Waals surface area contributed by atoms with Crippen molar-refractivity contribution in [3.63, 3.8) is 0 Å². The van der Waals surface area contributed by atoms with Gasteiger partial charge in [0.05, 0.1) is 7.11 Å². The van der Waals surface area contributed by atoms with Gasteiger partial charge in [-0.2, -0.15) is 0 Å². The lowest BCUT2D eigenvalue weighted by Gasteiger charge is -2.25. The topological polar surface area (TPSA) is 35.2 Å². The second-order valence-corrected chi connectivity index (χ2v) is 6.09. The number of nitrogens with two attached hydrogens (primary N) is 1. The van der Waals surface area contributed by atoms with Crippen LogP contribution in [0, 0.1) is 5.92 Å². The second kappa shape index (κ2) is 6.58. The van der Waals surface area contributed by atoms with Gasteiger partial charge in [0.2, 0.25) is 0 Å². The van der Waals surface area contributed by atoms with E-state index in [0.29, 0.717) is 0 Å². The van der Waals surface area contributed by atoms with Gasteiger partial charge in [0.1, 0.15) is 5.75 Å². The fourth-order valence-electron chi connectivity index (χ4n) is 2.84. The van der Waals surface area contributed by atoms with E-state index in [-0.39, 0.29) is 6.04 Å². The Morgan fingerprint density at radius 3 is 2.72 bits per heavy atom. The van der Waals surface area contributed by atoms with Crippen LogP contribution in [0.25, 0.3) is 0 Å². The monoisotopic (exact) mass is 311 g/mol. The van der Waals surface area contributed by atoms with Gasteiger partial charge in [-0.1, -0.05) is 48.0 Å². The highest BCUT2D eigenvalue weighted by Gasteiger charge is 2.19. The summed E-state index contributed by atoms with van der Waals surface area (Å²) < 4.78 is 6.36. The van der Waals surface area contributed by atoms with Crippen molar-refractivity contribution in [2.24, 2.45) is 11.7 Å². The minimum Gasteiger partial charge on any atom is -0.497 e. The molecule has 2 rings (SSSR count). The Bertz CT molecular complexity index is 388. The molecule has 1 saturated carbocycles. The minimum absolute atomic E-state index is 0.109. The molecule has 0 amide bonds. The van der Waals surface area contributed by atoms with Gasteiger partial charge in [-0.05, 0) is 36.1 Å². The normalized spacial score (nSPS) is 18.6. The Balaban J connectivity index is 2.04. The Hall–Kier alpha value is -0.540. The van der Waals surface area contributed by atoms with Crippen molar-refractivity contribution in [1.82, 2.24) is 0 Å². The first-order valence-electron chi connectivity index (χ1n) is 6.79. The summed E-state index contributed by atoms with van der Waals surface area (Å²) in [6.45, 7) is 0.